The lowest BCUT2D eigenvalue weighted by Crippen LogP contribution is -2.03. The first-order chi connectivity index (χ1) is 25.4. The van der Waals surface area contributed by atoms with Crippen LogP contribution in [0, 0.1) is 0 Å². The molecule has 0 unspecified atom stereocenters. The van der Waals surface area contributed by atoms with Crippen molar-refractivity contribution in [1.29, 1.82) is 0 Å². The second-order valence-corrected chi connectivity index (χ2v) is 10.3. The van der Waals surface area contributed by atoms with E-state index in [9.17, 15) is 0 Å². The number of hydrogen-bond acceptors (Lipinski definition) is 1. The Morgan fingerprint density at radius 2 is 1.05 bits per heavy atom. The molecule has 8 aromatic rings. The van der Waals surface area contributed by atoms with E-state index < -0.39 is 60.4 Å². The minimum Gasteiger partial charge on any atom is -0.295 e. The topological polar surface area (TPSA) is 17.8 Å². The number of nitrogens with zero attached hydrogens (tertiary/aromatic N) is 2. The molecule has 1 heterocycles. The molecule has 7 aromatic carbocycles. The Hall–Kier alpha value is -5.47. The zero-order valence-electron chi connectivity index (χ0n) is 33.3. The van der Waals surface area contributed by atoms with Crippen LogP contribution < -0.4 is 0 Å². The van der Waals surface area contributed by atoms with Crippen LogP contribution in [0.2, 0.25) is 0 Å². The highest BCUT2D eigenvalue weighted by molar-refractivity contribution is 6.19. The van der Waals surface area contributed by atoms with Gasteiger partial charge in [-0.2, -0.15) is 0 Å². The molecule has 0 bridgehead atoms. The Morgan fingerprint density at radius 1 is 0.558 bits per heavy atom. The summed E-state index contributed by atoms with van der Waals surface area (Å²) in [4.78, 5) is 4.97. The molecule has 0 aliphatic heterocycles. The lowest BCUT2D eigenvalue weighted by Gasteiger charge is -2.20. The van der Waals surface area contributed by atoms with E-state index in [-0.39, 0.29) is 22.3 Å². The van der Waals surface area contributed by atoms with Gasteiger partial charge in [0.15, 0.2) is 0 Å². The molecule has 8 rings (SSSR count). The molecule has 0 N–H and O–H groups in total. The second-order valence-electron chi connectivity index (χ2n) is 10.3. The fourth-order valence-corrected chi connectivity index (χ4v) is 6.07. The van der Waals surface area contributed by atoms with Crippen LogP contribution in [0.15, 0.2) is 151 Å². The number of para-hydroxylation sites is 2. The molecule has 0 saturated heterocycles. The third-order valence-corrected chi connectivity index (χ3v) is 7.87. The first-order valence-electron chi connectivity index (χ1n) is 19.1. The largest absolute Gasteiger partial charge is 0.295 e. The number of fused-ring (bicyclic) bond motifs is 3. The molecule has 0 spiro atoms. The van der Waals surface area contributed by atoms with E-state index in [0.717, 1.165) is 49.7 Å². The Kier molecular flexibility index (Phi) is 4.08. The van der Waals surface area contributed by atoms with Crippen LogP contribution in [-0.4, -0.2) is 9.55 Å². The highest BCUT2D eigenvalue weighted by Crippen LogP contribution is 2.44. The van der Waals surface area contributed by atoms with Gasteiger partial charge >= 0.3 is 0 Å². The van der Waals surface area contributed by atoms with Gasteiger partial charge in [0.1, 0.15) is 5.82 Å². The number of aromatic nitrogens is 2. The summed E-state index contributed by atoms with van der Waals surface area (Å²) in [5.41, 5.74) is 4.48. The van der Waals surface area contributed by atoms with Gasteiger partial charge in [0, 0.05) is 17.2 Å². The van der Waals surface area contributed by atoms with Crippen LogP contribution in [0.25, 0.3) is 71.6 Å². The highest BCUT2D eigenvalue weighted by atomic mass is 15.1. The van der Waals surface area contributed by atoms with Crippen LogP contribution in [0.5, 0.6) is 0 Å². The summed E-state index contributed by atoms with van der Waals surface area (Å²) >= 11 is 0. The van der Waals surface area contributed by atoms with E-state index in [1.807, 2.05) is 66.7 Å². The van der Waals surface area contributed by atoms with E-state index in [2.05, 4.69) is 17.6 Å². The quantitative estimate of drug-likeness (QED) is 0.191. The van der Waals surface area contributed by atoms with E-state index in [1.54, 1.807) is 12.1 Å². The maximum Gasteiger partial charge on any atom is 0.114 e. The van der Waals surface area contributed by atoms with Gasteiger partial charge in [0.25, 0.3) is 0 Å². The third-order valence-electron chi connectivity index (χ3n) is 7.87. The number of aryl methyl sites for hydroxylation is 1. The minimum absolute atomic E-state index is 0.0610. The lowest BCUT2D eigenvalue weighted by molar-refractivity contribution is 0.917. The molecule has 0 amide bonds. The predicted octanol–water partition coefficient (Wildman–Crippen LogP) is 10.9. The summed E-state index contributed by atoms with van der Waals surface area (Å²) in [5, 5.41) is 3.53. The number of imidazole rings is 1. The summed E-state index contributed by atoms with van der Waals surface area (Å²) in [6.07, 6.45) is 0.681. The van der Waals surface area contributed by atoms with Gasteiger partial charge in [-0.1, -0.05) is 128 Å². The van der Waals surface area contributed by atoms with E-state index in [0.29, 0.717) is 12.0 Å². The summed E-state index contributed by atoms with van der Waals surface area (Å²) in [5.74, 6) is 0.890. The SMILES string of the molecule is [2H]c1c([2H])c([2H])c(-c2cc(-c3c([2H])c([2H])c([2H])c([2H])c3[2H])cc(-c3c4ccccc4c(-n4c(CC)nc5ccccc54)c4ccccc34)c2)c([2H])c1[2H]. The molecule has 1 aromatic heterocycles. The van der Waals surface area contributed by atoms with Gasteiger partial charge in [-0.05, 0) is 74.5 Å². The predicted molar refractivity (Wildman–Crippen MR) is 182 cm³/mol. The third kappa shape index (κ3) is 4.23. The summed E-state index contributed by atoms with van der Waals surface area (Å²) < 4.78 is 87.6. The first-order valence-corrected chi connectivity index (χ1v) is 14.1. The van der Waals surface area contributed by atoms with Gasteiger partial charge in [-0.15, -0.1) is 0 Å². The van der Waals surface area contributed by atoms with Crippen molar-refractivity contribution in [2.45, 2.75) is 13.3 Å². The molecule has 0 atom stereocenters. The van der Waals surface area contributed by atoms with Gasteiger partial charge in [-0.25, -0.2) is 4.98 Å². The molecule has 0 fully saturated rings. The van der Waals surface area contributed by atoms with Gasteiger partial charge < -0.3 is 0 Å². The molecule has 204 valence electrons. The van der Waals surface area contributed by atoms with Gasteiger partial charge in [-0.3, -0.25) is 4.57 Å². The van der Waals surface area contributed by atoms with Crippen LogP contribution in [0.3, 0.4) is 0 Å². The second kappa shape index (κ2) is 10.4. The van der Waals surface area contributed by atoms with E-state index in [4.69, 9.17) is 18.7 Å². The fraction of sp³-hybridized carbons (Fsp3) is 0.0488. The number of hydrogen-bond donors (Lipinski definition) is 0. The maximum atomic E-state index is 8.84. The van der Waals surface area contributed by atoms with Crippen LogP contribution in [0.4, 0.5) is 0 Å². The minimum atomic E-state index is -0.531. The van der Waals surface area contributed by atoms with Gasteiger partial charge in [0.05, 0.1) is 30.4 Å². The zero-order chi connectivity index (χ0) is 37.5. The van der Waals surface area contributed by atoms with Crippen molar-refractivity contribution in [3.63, 3.8) is 0 Å². The normalized spacial score (nSPS) is 14.7. The average Bonchev–Trinajstić information content (AvgIpc) is 3.55. The zero-order valence-corrected chi connectivity index (χ0v) is 23.3. The highest BCUT2D eigenvalue weighted by Gasteiger charge is 2.21. The Balaban J connectivity index is 1.55. The van der Waals surface area contributed by atoms with Crippen molar-refractivity contribution in [1.82, 2.24) is 9.55 Å². The lowest BCUT2D eigenvalue weighted by atomic mass is 9.87. The van der Waals surface area contributed by atoms with Crippen molar-refractivity contribution in [2.24, 2.45) is 0 Å². The van der Waals surface area contributed by atoms with Crippen LogP contribution in [-0.2, 0) is 6.42 Å². The molecular formula is C41H30N2. The molecule has 2 heteroatoms. The van der Waals surface area contributed by atoms with Crippen LogP contribution >= 0.6 is 0 Å². The Bertz CT molecular complexity index is 2640. The smallest absolute Gasteiger partial charge is 0.114 e. The first kappa shape index (κ1) is 16.8. The Morgan fingerprint density at radius 3 is 1.60 bits per heavy atom. The summed E-state index contributed by atoms with van der Waals surface area (Å²) in [6, 6.07) is 24.2. The van der Waals surface area contributed by atoms with E-state index in [1.165, 1.54) is 6.07 Å². The van der Waals surface area contributed by atoms with Crippen molar-refractivity contribution in [2.75, 3.05) is 0 Å². The molecule has 0 aliphatic rings. The maximum absolute atomic E-state index is 8.84. The molecular weight excluding hydrogens is 520 g/mol. The van der Waals surface area contributed by atoms with Crippen LogP contribution in [0.1, 0.15) is 26.5 Å². The van der Waals surface area contributed by atoms with E-state index >= 15 is 0 Å². The average molecular weight is 561 g/mol. The summed E-state index contributed by atoms with van der Waals surface area (Å²) in [7, 11) is 0. The molecule has 0 radical (unpaired) electrons. The Labute approximate surface area is 265 Å². The fourth-order valence-electron chi connectivity index (χ4n) is 6.07. The monoisotopic (exact) mass is 560 g/mol. The van der Waals surface area contributed by atoms with Crippen molar-refractivity contribution >= 4 is 32.6 Å². The number of benzene rings is 7. The van der Waals surface area contributed by atoms with Crippen molar-refractivity contribution in [3.05, 3.63) is 157 Å². The standard InChI is InChI=1S/C41H30N2/c1-2-39-42-37-23-13-14-24-38(37)43(39)41-35-21-11-9-19-33(35)40(34-20-10-12-22-36(34)41)32-26-30(28-15-5-3-6-16-28)25-31(27-32)29-17-7-4-8-18-29/h3-27H,2H2,1H3/i3D,4D,5D,6D,7D,8D,15D,16D,17D,18D. The molecule has 2 nitrogen and oxygen atoms in total. The molecule has 43 heavy (non-hydrogen) atoms. The molecule has 0 aliphatic carbocycles. The van der Waals surface area contributed by atoms with Crippen molar-refractivity contribution < 1.29 is 13.7 Å². The van der Waals surface area contributed by atoms with Crippen molar-refractivity contribution in [3.8, 4) is 39.1 Å². The summed E-state index contributed by atoms with van der Waals surface area (Å²) in [6.45, 7) is 2.07. The molecule has 0 saturated carbocycles. The van der Waals surface area contributed by atoms with Gasteiger partial charge in [0.2, 0.25) is 0 Å². The number of rotatable bonds is 5.